The summed E-state index contributed by atoms with van der Waals surface area (Å²) >= 11 is 0. The van der Waals surface area contributed by atoms with Gasteiger partial charge in [-0.15, -0.1) is 0 Å². The summed E-state index contributed by atoms with van der Waals surface area (Å²) in [7, 11) is 1.57. The van der Waals surface area contributed by atoms with Crippen molar-refractivity contribution in [3.05, 3.63) is 83.4 Å². The number of hydrogen-bond acceptors (Lipinski definition) is 5. The predicted octanol–water partition coefficient (Wildman–Crippen LogP) is 5.46. The van der Waals surface area contributed by atoms with E-state index in [0.29, 0.717) is 29.1 Å². The standard InChI is InChI=1S/C29H36N4O3/c1-5-33(6-2)18-8-17-30-28(34)23-11-16-27(21(3)19-23)31-24-12-14-25(15-13-24)32-29(35)22-9-7-10-26(20-22)36-4/h7,9-16,19-20,31H,5-6,8,17-18H2,1-4H3,(H,30,34)(H,32,35). The van der Waals surface area contributed by atoms with Crippen LogP contribution in [-0.2, 0) is 0 Å². The van der Waals surface area contributed by atoms with Gasteiger partial charge in [-0.25, -0.2) is 0 Å². The van der Waals surface area contributed by atoms with Crippen LogP contribution in [0.2, 0.25) is 0 Å². The molecule has 0 aliphatic carbocycles. The lowest BCUT2D eigenvalue weighted by Crippen LogP contribution is -2.29. The molecule has 0 heterocycles. The quantitative estimate of drug-likeness (QED) is 0.295. The number of anilines is 3. The van der Waals surface area contributed by atoms with Gasteiger partial charge in [0.15, 0.2) is 0 Å². The Balaban J connectivity index is 1.54. The van der Waals surface area contributed by atoms with Crippen LogP contribution in [0.15, 0.2) is 66.7 Å². The van der Waals surface area contributed by atoms with Crippen LogP contribution in [0.1, 0.15) is 46.5 Å². The number of carbonyl (C=O) groups is 2. The fourth-order valence-electron chi connectivity index (χ4n) is 3.85. The normalized spacial score (nSPS) is 10.7. The maximum atomic E-state index is 12.5. The van der Waals surface area contributed by atoms with Gasteiger partial charge in [-0.2, -0.15) is 0 Å². The Morgan fingerprint density at radius 2 is 1.56 bits per heavy atom. The molecule has 0 spiro atoms. The van der Waals surface area contributed by atoms with Gasteiger partial charge < -0.3 is 25.6 Å². The van der Waals surface area contributed by atoms with Crippen LogP contribution in [0.25, 0.3) is 0 Å². The maximum Gasteiger partial charge on any atom is 0.255 e. The molecule has 3 N–H and O–H groups in total. The molecule has 3 rings (SSSR count). The second kappa shape index (κ2) is 13.3. The zero-order chi connectivity index (χ0) is 25.9. The molecule has 0 atom stereocenters. The molecule has 2 amide bonds. The fraction of sp³-hybridized carbons (Fsp3) is 0.310. The molecule has 0 aliphatic heterocycles. The van der Waals surface area contributed by atoms with E-state index in [1.54, 1.807) is 31.4 Å². The summed E-state index contributed by atoms with van der Waals surface area (Å²) in [5.74, 6) is 0.379. The van der Waals surface area contributed by atoms with Gasteiger partial charge in [0.1, 0.15) is 5.75 Å². The number of rotatable bonds is 12. The van der Waals surface area contributed by atoms with Crippen molar-refractivity contribution in [1.29, 1.82) is 0 Å². The molecule has 0 aromatic heterocycles. The van der Waals surface area contributed by atoms with Gasteiger partial charge in [0.2, 0.25) is 0 Å². The summed E-state index contributed by atoms with van der Waals surface area (Å²) in [6.45, 7) is 9.97. The van der Waals surface area contributed by atoms with Gasteiger partial charge in [0, 0.05) is 34.7 Å². The highest BCUT2D eigenvalue weighted by atomic mass is 16.5. The predicted molar refractivity (Wildman–Crippen MR) is 147 cm³/mol. The second-order valence-corrected chi connectivity index (χ2v) is 8.55. The van der Waals surface area contributed by atoms with Crippen molar-refractivity contribution in [3.63, 3.8) is 0 Å². The summed E-state index contributed by atoms with van der Waals surface area (Å²) in [4.78, 5) is 27.4. The number of ether oxygens (including phenoxy) is 1. The van der Waals surface area contributed by atoms with Gasteiger partial charge in [-0.1, -0.05) is 19.9 Å². The molecule has 0 saturated carbocycles. The van der Waals surface area contributed by atoms with Crippen LogP contribution in [0.3, 0.4) is 0 Å². The Labute approximate surface area is 213 Å². The van der Waals surface area contributed by atoms with E-state index in [1.165, 1.54) is 0 Å². The first-order valence-corrected chi connectivity index (χ1v) is 12.4. The van der Waals surface area contributed by atoms with E-state index in [1.807, 2.05) is 49.4 Å². The molecule has 0 aliphatic rings. The average molecular weight is 489 g/mol. The van der Waals surface area contributed by atoms with Crippen LogP contribution in [-0.4, -0.2) is 50.0 Å². The molecule has 0 radical (unpaired) electrons. The van der Waals surface area contributed by atoms with Gasteiger partial charge in [-0.05, 0) is 99.2 Å². The smallest absolute Gasteiger partial charge is 0.255 e. The Kier molecular flexibility index (Phi) is 9.89. The van der Waals surface area contributed by atoms with Crippen molar-refractivity contribution in [2.45, 2.75) is 27.2 Å². The molecule has 190 valence electrons. The summed E-state index contributed by atoms with van der Waals surface area (Å²) in [5, 5.41) is 9.28. The molecular weight excluding hydrogens is 452 g/mol. The van der Waals surface area contributed by atoms with Crippen molar-refractivity contribution in [2.24, 2.45) is 0 Å². The number of aryl methyl sites for hydroxylation is 1. The minimum Gasteiger partial charge on any atom is -0.497 e. The molecule has 7 heteroatoms. The van der Waals surface area contributed by atoms with Crippen LogP contribution in [0, 0.1) is 6.92 Å². The zero-order valence-corrected chi connectivity index (χ0v) is 21.6. The van der Waals surface area contributed by atoms with Crippen molar-refractivity contribution < 1.29 is 14.3 Å². The second-order valence-electron chi connectivity index (χ2n) is 8.55. The average Bonchev–Trinajstić information content (AvgIpc) is 2.90. The van der Waals surface area contributed by atoms with Gasteiger partial charge in [0.25, 0.3) is 11.8 Å². The lowest BCUT2D eigenvalue weighted by molar-refractivity contribution is 0.0951. The first-order valence-electron chi connectivity index (χ1n) is 12.4. The molecular formula is C29H36N4O3. The fourth-order valence-corrected chi connectivity index (χ4v) is 3.85. The monoisotopic (exact) mass is 488 g/mol. The molecule has 0 fully saturated rings. The summed E-state index contributed by atoms with van der Waals surface area (Å²) in [6, 6.07) is 20.1. The zero-order valence-electron chi connectivity index (χ0n) is 21.6. The van der Waals surface area contributed by atoms with Crippen molar-refractivity contribution >= 4 is 28.9 Å². The molecule has 36 heavy (non-hydrogen) atoms. The Morgan fingerprint density at radius 1 is 0.861 bits per heavy atom. The maximum absolute atomic E-state index is 12.5. The van der Waals surface area contributed by atoms with E-state index in [-0.39, 0.29) is 11.8 Å². The highest BCUT2D eigenvalue weighted by molar-refractivity contribution is 6.04. The third kappa shape index (κ3) is 7.58. The molecule has 3 aromatic rings. The third-order valence-corrected chi connectivity index (χ3v) is 6.07. The first-order chi connectivity index (χ1) is 17.4. The minimum absolute atomic E-state index is 0.0553. The number of benzene rings is 3. The molecule has 0 unspecified atom stereocenters. The van der Waals surface area contributed by atoms with E-state index in [9.17, 15) is 9.59 Å². The van der Waals surface area contributed by atoms with E-state index in [2.05, 4.69) is 34.7 Å². The summed E-state index contributed by atoms with van der Waals surface area (Å²) < 4.78 is 5.18. The molecule has 0 bridgehead atoms. The SMILES string of the molecule is CCN(CC)CCCNC(=O)c1ccc(Nc2ccc(NC(=O)c3cccc(OC)c3)cc2)c(C)c1. The molecule has 0 saturated heterocycles. The number of carbonyl (C=O) groups excluding carboxylic acids is 2. The third-order valence-electron chi connectivity index (χ3n) is 6.07. The number of hydrogen-bond donors (Lipinski definition) is 3. The van der Waals surface area contributed by atoms with Crippen LogP contribution < -0.4 is 20.7 Å². The lowest BCUT2D eigenvalue weighted by atomic mass is 10.1. The highest BCUT2D eigenvalue weighted by Crippen LogP contribution is 2.23. The van der Waals surface area contributed by atoms with Crippen LogP contribution in [0.5, 0.6) is 5.75 Å². The largest absolute Gasteiger partial charge is 0.497 e. The molecule has 3 aromatic carbocycles. The van der Waals surface area contributed by atoms with E-state index in [4.69, 9.17) is 4.74 Å². The van der Waals surface area contributed by atoms with Crippen molar-refractivity contribution in [1.82, 2.24) is 10.2 Å². The van der Waals surface area contributed by atoms with Gasteiger partial charge >= 0.3 is 0 Å². The number of amides is 2. The summed E-state index contributed by atoms with van der Waals surface area (Å²) in [6.07, 6.45) is 0.933. The number of nitrogens with one attached hydrogen (secondary N) is 3. The van der Waals surface area contributed by atoms with Crippen molar-refractivity contribution in [2.75, 3.05) is 43.9 Å². The van der Waals surface area contributed by atoms with E-state index >= 15 is 0 Å². The number of nitrogens with zero attached hydrogens (tertiary/aromatic N) is 1. The Bertz CT molecular complexity index is 1160. The van der Waals surface area contributed by atoms with Gasteiger partial charge in [0.05, 0.1) is 7.11 Å². The summed E-state index contributed by atoms with van der Waals surface area (Å²) in [5.41, 5.74) is 4.64. The highest BCUT2D eigenvalue weighted by Gasteiger charge is 2.10. The van der Waals surface area contributed by atoms with Gasteiger partial charge in [-0.3, -0.25) is 9.59 Å². The van der Waals surface area contributed by atoms with Crippen LogP contribution in [0.4, 0.5) is 17.1 Å². The van der Waals surface area contributed by atoms with Crippen LogP contribution >= 0.6 is 0 Å². The Morgan fingerprint density at radius 3 is 2.22 bits per heavy atom. The lowest BCUT2D eigenvalue weighted by Gasteiger charge is -2.17. The minimum atomic E-state index is -0.202. The van der Waals surface area contributed by atoms with Crippen molar-refractivity contribution in [3.8, 4) is 5.75 Å². The van der Waals surface area contributed by atoms with E-state index < -0.39 is 0 Å². The molecule has 7 nitrogen and oxygen atoms in total. The first kappa shape index (κ1) is 26.8. The van der Waals surface area contributed by atoms with E-state index in [0.717, 1.165) is 43.0 Å². The topological polar surface area (TPSA) is 82.7 Å². The number of methoxy groups -OCH3 is 1. The Hall–Kier alpha value is -3.84.